The Labute approximate surface area is 204 Å². The monoisotopic (exact) mass is 510 g/mol. The van der Waals surface area contributed by atoms with Crippen LogP contribution in [0.1, 0.15) is 65.2 Å². The molecule has 0 nitrogen and oxygen atoms in total. The molecule has 0 aromatic heterocycles. The maximum atomic E-state index is 4.59. The van der Waals surface area contributed by atoms with E-state index in [1.54, 1.807) is 0 Å². The van der Waals surface area contributed by atoms with Crippen molar-refractivity contribution < 1.29 is 0 Å². The molecule has 3 aromatic carbocycles. The molecule has 0 amide bonds. The quantitative estimate of drug-likeness (QED) is 0.159. The molecule has 1 unspecified atom stereocenters. The van der Waals surface area contributed by atoms with Gasteiger partial charge in [0, 0.05) is 0 Å². The third-order valence-electron chi connectivity index (χ3n) is 6.98. The zero-order valence-corrected chi connectivity index (χ0v) is 22.4. The second-order valence-electron chi connectivity index (χ2n) is 9.36. The zero-order valence-electron chi connectivity index (χ0n) is 19.9. The van der Waals surface area contributed by atoms with Crippen molar-refractivity contribution in [1.82, 2.24) is 0 Å². The van der Waals surface area contributed by atoms with Crippen LogP contribution >= 0.6 is 20.8 Å². The number of unbranched alkanes of at least 4 members (excludes halogenated alkanes) is 5. The van der Waals surface area contributed by atoms with Gasteiger partial charge >= 0.3 is 205 Å². The second kappa shape index (κ2) is 12.2. The average Bonchev–Trinajstić information content (AvgIpc) is 2.86. The summed E-state index contributed by atoms with van der Waals surface area (Å²) in [6.45, 7) is 4.75. The van der Waals surface area contributed by atoms with Gasteiger partial charge in [0.05, 0.1) is 0 Å². The fourth-order valence-electron chi connectivity index (χ4n) is 4.93. The molecule has 0 fully saturated rings. The van der Waals surface area contributed by atoms with Gasteiger partial charge in [0.2, 0.25) is 0 Å². The van der Waals surface area contributed by atoms with Crippen molar-refractivity contribution in [3.8, 4) is 0 Å². The normalized spacial score (nSPS) is 13.9. The fourth-order valence-corrected chi connectivity index (χ4v) is 12.6. The SMILES string of the molecule is CCCCCCCCC(C)CCP(Br)(c1ccccc1)(c1ccccc1)c1ccccc1. The molecule has 0 saturated heterocycles. The Kier molecular flexibility index (Phi) is 9.57. The van der Waals surface area contributed by atoms with Gasteiger partial charge in [0.15, 0.2) is 0 Å². The molecule has 0 bridgehead atoms. The van der Waals surface area contributed by atoms with Crippen LogP contribution in [0, 0.1) is 5.92 Å². The molecule has 172 valence electrons. The van der Waals surface area contributed by atoms with E-state index in [9.17, 15) is 0 Å². The average molecular weight is 512 g/mol. The van der Waals surface area contributed by atoms with Crippen molar-refractivity contribution in [1.29, 1.82) is 0 Å². The molecular formula is C30H40BrP. The van der Waals surface area contributed by atoms with E-state index in [1.807, 2.05) is 0 Å². The molecule has 0 aliphatic carbocycles. The summed E-state index contributed by atoms with van der Waals surface area (Å²) < 4.78 is 0. The Morgan fingerprint density at radius 3 is 1.44 bits per heavy atom. The van der Waals surface area contributed by atoms with Crippen molar-refractivity contribution in [2.24, 2.45) is 5.92 Å². The number of rotatable bonds is 13. The topological polar surface area (TPSA) is 0 Å². The number of halogens is 1. The van der Waals surface area contributed by atoms with Crippen LogP contribution in [-0.2, 0) is 0 Å². The molecule has 2 heteroatoms. The number of benzene rings is 3. The molecule has 0 radical (unpaired) electrons. The van der Waals surface area contributed by atoms with Crippen LogP contribution in [0.4, 0.5) is 0 Å². The fraction of sp³-hybridized carbons (Fsp3) is 0.400. The van der Waals surface area contributed by atoms with Crippen LogP contribution in [0.2, 0.25) is 0 Å². The van der Waals surface area contributed by atoms with E-state index in [4.69, 9.17) is 0 Å². The van der Waals surface area contributed by atoms with Crippen LogP contribution in [-0.4, -0.2) is 6.16 Å². The summed E-state index contributed by atoms with van der Waals surface area (Å²) in [5.41, 5.74) is 0. The molecule has 3 aromatic rings. The van der Waals surface area contributed by atoms with Gasteiger partial charge in [0.25, 0.3) is 0 Å². The third-order valence-corrected chi connectivity index (χ3v) is 16.9. The number of hydrogen-bond donors (Lipinski definition) is 0. The molecular weight excluding hydrogens is 471 g/mol. The Hall–Kier alpha value is -1.43. The summed E-state index contributed by atoms with van der Waals surface area (Å²) in [7, 11) is 0. The van der Waals surface area contributed by atoms with Crippen LogP contribution in [0.25, 0.3) is 0 Å². The summed E-state index contributed by atoms with van der Waals surface area (Å²) in [4.78, 5) is 0. The van der Waals surface area contributed by atoms with E-state index in [0.717, 1.165) is 12.1 Å². The first-order valence-corrected chi connectivity index (χ1v) is 16.9. The predicted octanol–water partition coefficient (Wildman–Crippen LogP) is 8.60. The maximum absolute atomic E-state index is 4.59. The van der Waals surface area contributed by atoms with Crippen LogP contribution in [0.15, 0.2) is 91.0 Å². The van der Waals surface area contributed by atoms with Crippen LogP contribution in [0.3, 0.4) is 0 Å². The van der Waals surface area contributed by atoms with E-state index >= 15 is 0 Å². The second-order valence-corrected chi connectivity index (χ2v) is 18.4. The number of hydrogen-bond acceptors (Lipinski definition) is 0. The van der Waals surface area contributed by atoms with Crippen molar-refractivity contribution in [2.45, 2.75) is 65.2 Å². The van der Waals surface area contributed by atoms with Gasteiger partial charge in [-0.05, 0) is 0 Å². The van der Waals surface area contributed by atoms with Crippen molar-refractivity contribution in [3.63, 3.8) is 0 Å². The standard InChI is InChI=1S/C30H40BrP/c1-3-4-5-6-7-11-18-27(2)25-26-32(31,28-19-12-8-13-20-28,29-21-14-9-15-22-29)30-23-16-10-17-24-30/h8-10,12-17,19-24,27H,3-7,11,18,25-26H2,1-2H3. The molecule has 0 heterocycles. The van der Waals surface area contributed by atoms with E-state index in [1.165, 1.54) is 67.3 Å². The minimum absolute atomic E-state index is 0.733. The first-order valence-electron chi connectivity index (χ1n) is 12.5. The molecule has 3 rings (SSSR count). The zero-order chi connectivity index (χ0) is 22.7. The van der Waals surface area contributed by atoms with Crippen molar-refractivity contribution in [2.75, 3.05) is 6.16 Å². The predicted molar refractivity (Wildman–Crippen MR) is 151 cm³/mol. The molecule has 0 aliphatic rings. The molecule has 32 heavy (non-hydrogen) atoms. The Morgan fingerprint density at radius 1 is 0.594 bits per heavy atom. The summed E-state index contributed by atoms with van der Waals surface area (Å²) in [6, 6.07) is 33.6. The van der Waals surface area contributed by atoms with E-state index in [0.29, 0.717) is 0 Å². The molecule has 0 saturated carbocycles. The first kappa shape index (κ1) is 25.2. The van der Waals surface area contributed by atoms with E-state index < -0.39 is 5.31 Å². The summed E-state index contributed by atoms with van der Waals surface area (Å²) in [6.07, 6.45) is 12.0. The van der Waals surface area contributed by atoms with Crippen molar-refractivity contribution in [3.05, 3.63) is 91.0 Å². The van der Waals surface area contributed by atoms with E-state index in [-0.39, 0.29) is 0 Å². The van der Waals surface area contributed by atoms with Crippen molar-refractivity contribution >= 4 is 36.7 Å². The van der Waals surface area contributed by atoms with E-state index in [2.05, 4.69) is 120 Å². The Bertz CT molecular complexity index is 808. The van der Waals surface area contributed by atoms with Gasteiger partial charge in [-0.25, -0.2) is 0 Å². The molecule has 0 N–H and O–H groups in total. The minimum atomic E-state index is -2.75. The van der Waals surface area contributed by atoms with Gasteiger partial charge in [0.1, 0.15) is 0 Å². The third kappa shape index (κ3) is 5.73. The summed E-state index contributed by atoms with van der Waals surface area (Å²) >= 11 is 4.59. The summed E-state index contributed by atoms with van der Waals surface area (Å²) in [5.74, 6) is 0.733. The molecule has 0 spiro atoms. The van der Waals surface area contributed by atoms with Gasteiger partial charge in [-0.3, -0.25) is 0 Å². The van der Waals surface area contributed by atoms with Gasteiger partial charge < -0.3 is 0 Å². The Morgan fingerprint density at radius 2 is 1.00 bits per heavy atom. The van der Waals surface area contributed by atoms with Crippen LogP contribution in [0.5, 0.6) is 0 Å². The summed E-state index contributed by atoms with van der Waals surface area (Å²) in [5, 5.41) is 1.55. The first-order chi connectivity index (χ1) is 15.6. The van der Waals surface area contributed by atoms with Gasteiger partial charge in [-0.2, -0.15) is 0 Å². The van der Waals surface area contributed by atoms with Gasteiger partial charge in [-0.1, -0.05) is 0 Å². The molecule has 1 atom stereocenters. The Balaban J connectivity index is 1.90. The van der Waals surface area contributed by atoms with Crippen LogP contribution < -0.4 is 15.9 Å². The molecule has 0 aliphatic heterocycles. The van der Waals surface area contributed by atoms with Gasteiger partial charge in [-0.15, -0.1) is 0 Å².